The Labute approximate surface area is 138 Å². The highest BCUT2D eigenvalue weighted by Gasteiger charge is 2.16. The average molecular weight is 378 g/mol. The van der Waals surface area contributed by atoms with Crippen molar-refractivity contribution in [1.82, 2.24) is 35.0 Å². The number of hydrazine groups is 1. The smallest absolute Gasteiger partial charge is 0.309 e. The van der Waals surface area contributed by atoms with Crippen molar-refractivity contribution in [3.05, 3.63) is 46.2 Å². The van der Waals surface area contributed by atoms with Crippen LogP contribution < -0.4 is 10.9 Å². The van der Waals surface area contributed by atoms with Crippen LogP contribution in [0.5, 0.6) is 0 Å². The fourth-order valence-electron chi connectivity index (χ4n) is 1.99. The molecule has 0 unspecified atom stereocenters. The molecule has 0 spiro atoms. The lowest BCUT2D eigenvalue weighted by molar-refractivity contribution is 0.0836. The number of rotatable bonds is 2. The Bertz CT molecular complexity index is 914. The Morgan fingerprint density at radius 2 is 2.00 bits per heavy atom. The molecule has 0 aliphatic rings. The van der Waals surface area contributed by atoms with Crippen LogP contribution >= 0.6 is 15.9 Å². The predicted molar refractivity (Wildman–Crippen MR) is 83.6 cm³/mol. The molecule has 0 aromatic carbocycles. The molecule has 10 heteroatoms. The maximum Gasteiger partial charge on any atom is 0.309 e. The summed E-state index contributed by atoms with van der Waals surface area (Å²) in [6.07, 6.45) is 3.31. The molecule has 0 aliphatic heterocycles. The summed E-state index contributed by atoms with van der Waals surface area (Å²) in [5.74, 6) is -0.853. The number of aromatic nitrogens is 5. The van der Waals surface area contributed by atoms with Crippen LogP contribution in [-0.2, 0) is 7.05 Å². The number of carbonyl (C=O) groups is 2. The largest absolute Gasteiger partial charge is 0.345 e. The van der Waals surface area contributed by atoms with E-state index in [2.05, 4.69) is 41.8 Å². The van der Waals surface area contributed by atoms with Gasteiger partial charge in [-0.05, 0) is 35.0 Å². The summed E-state index contributed by atoms with van der Waals surface area (Å²) in [7, 11) is 1.72. The predicted octanol–water partition coefficient (Wildman–Crippen LogP) is 0.609. The zero-order valence-corrected chi connectivity index (χ0v) is 13.8. The van der Waals surface area contributed by atoms with E-state index in [0.29, 0.717) is 11.5 Å². The first-order valence-corrected chi connectivity index (χ1v) is 7.36. The van der Waals surface area contributed by atoms with Gasteiger partial charge in [0.25, 0.3) is 11.7 Å². The Balaban J connectivity index is 1.72. The maximum absolute atomic E-state index is 12.0. The van der Waals surface area contributed by atoms with Crippen LogP contribution in [0.3, 0.4) is 0 Å². The summed E-state index contributed by atoms with van der Waals surface area (Å²) in [4.78, 5) is 32.1. The second kappa shape index (κ2) is 5.80. The molecule has 0 saturated heterocycles. The molecule has 0 atom stereocenters. The first-order valence-electron chi connectivity index (χ1n) is 6.56. The fraction of sp³-hybridized carbons (Fsp3) is 0.154. The third-order valence-corrected chi connectivity index (χ3v) is 3.56. The van der Waals surface area contributed by atoms with Crippen LogP contribution in [0.15, 0.2) is 29.0 Å². The molecule has 0 bridgehead atoms. The topological polar surface area (TPSA) is 106 Å². The minimum Gasteiger partial charge on any atom is -0.345 e. The van der Waals surface area contributed by atoms with Crippen molar-refractivity contribution in [2.75, 3.05) is 0 Å². The number of hydrogen-bond acceptors (Lipinski definition) is 5. The normalized spacial score (nSPS) is 10.7. The molecule has 0 fully saturated rings. The van der Waals surface area contributed by atoms with E-state index in [-0.39, 0.29) is 5.82 Å². The summed E-state index contributed by atoms with van der Waals surface area (Å²) in [6, 6.07) is 3.39. The molecule has 23 heavy (non-hydrogen) atoms. The van der Waals surface area contributed by atoms with E-state index >= 15 is 0 Å². The SMILES string of the molecule is Cc1ccnc2nc(C(=O)NNC(=O)c3cc(Br)cn3C)nn12. The van der Waals surface area contributed by atoms with E-state index in [9.17, 15) is 9.59 Å². The van der Waals surface area contributed by atoms with Gasteiger partial charge in [-0.1, -0.05) is 0 Å². The molecule has 0 aliphatic carbocycles. The third-order valence-electron chi connectivity index (χ3n) is 3.13. The molecule has 0 radical (unpaired) electrons. The number of nitrogens with one attached hydrogen (secondary N) is 2. The van der Waals surface area contributed by atoms with Gasteiger partial charge in [-0.15, -0.1) is 5.10 Å². The van der Waals surface area contributed by atoms with Gasteiger partial charge >= 0.3 is 5.91 Å². The van der Waals surface area contributed by atoms with Crippen LogP contribution in [0, 0.1) is 6.92 Å². The van der Waals surface area contributed by atoms with Crippen molar-refractivity contribution in [1.29, 1.82) is 0 Å². The van der Waals surface area contributed by atoms with Crippen LogP contribution in [0.2, 0.25) is 0 Å². The Kier molecular flexibility index (Phi) is 3.82. The Morgan fingerprint density at radius 1 is 1.26 bits per heavy atom. The summed E-state index contributed by atoms with van der Waals surface area (Å²) in [6.45, 7) is 1.82. The summed E-state index contributed by atoms with van der Waals surface area (Å²) in [5, 5.41) is 4.05. The van der Waals surface area contributed by atoms with Gasteiger partial charge in [0.1, 0.15) is 5.69 Å². The van der Waals surface area contributed by atoms with E-state index in [4.69, 9.17) is 0 Å². The summed E-state index contributed by atoms with van der Waals surface area (Å²) >= 11 is 3.28. The lowest BCUT2D eigenvalue weighted by Gasteiger charge is -2.05. The van der Waals surface area contributed by atoms with Crippen molar-refractivity contribution in [2.45, 2.75) is 6.92 Å². The number of nitrogens with zero attached hydrogens (tertiary/aromatic N) is 5. The van der Waals surface area contributed by atoms with Gasteiger partial charge in [-0.3, -0.25) is 20.4 Å². The second-order valence-corrected chi connectivity index (χ2v) is 5.71. The van der Waals surface area contributed by atoms with Gasteiger partial charge in [0.15, 0.2) is 0 Å². The maximum atomic E-state index is 12.0. The molecular weight excluding hydrogens is 366 g/mol. The molecule has 2 N–H and O–H groups in total. The van der Waals surface area contributed by atoms with Crippen LogP contribution in [0.4, 0.5) is 0 Å². The van der Waals surface area contributed by atoms with Crippen LogP contribution in [0.1, 0.15) is 26.8 Å². The molecule has 3 rings (SSSR count). The number of aryl methyl sites for hydroxylation is 2. The Morgan fingerprint density at radius 3 is 2.65 bits per heavy atom. The highest BCUT2D eigenvalue weighted by atomic mass is 79.9. The van der Waals surface area contributed by atoms with Gasteiger partial charge in [-0.2, -0.15) is 4.98 Å². The number of hydrogen-bond donors (Lipinski definition) is 2. The quantitative estimate of drug-likeness (QED) is 0.636. The summed E-state index contributed by atoms with van der Waals surface area (Å²) in [5.41, 5.74) is 5.78. The van der Waals surface area contributed by atoms with Crippen LogP contribution in [0.25, 0.3) is 5.78 Å². The molecule has 118 valence electrons. The highest BCUT2D eigenvalue weighted by molar-refractivity contribution is 9.10. The molecule has 9 nitrogen and oxygen atoms in total. The summed E-state index contributed by atoms with van der Waals surface area (Å²) < 4.78 is 3.84. The van der Waals surface area contributed by atoms with E-state index in [1.54, 1.807) is 36.1 Å². The van der Waals surface area contributed by atoms with Crippen molar-refractivity contribution in [3.8, 4) is 0 Å². The van der Waals surface area contributed by atoms with Gasteiger partial charge in [-0.25, -0.2) is 9.50 Å². The minimum atomic E-state index is -0.628. The number of halogens is 1. The molecule has 0 saturated carbocycles. The standard InChI is InChI=1S/C13H12BrN7O2/c1-7-3-4-15-13-16-10(19-21(7)13)12(23)18-17-11(22)9-5-8(14)6-20(9)2/h3-6H,1-2H3,(H,17,22)(H,18,23). The molecular formula is C13H12BrN7O2. The highest BCUT2D eigenvalue weighted by Crippen LogP contribution is 2.13. The number of amides is 2. The van der Waals surface area contributed by atoms with Gasteiger partial charge in [0.05, 0.1) is 0 Å². The van der Waals surface area contributed by atoms with E-state index in [0.717, 1.165) is 10.2 Å². The zero-order chi connectivity index (χ0) is 16.6. The second-order valence-electron chi connectivity index (χ2n) is 4.80. The Hall–Kier alpha value is -2.75. The molecule has 2 amide bonds. The third kappa shape index (κ3) is 2.93. The number of carbonyl (C=O) groups excluding carboxylic acids is 2. The number of fused-ring (bicyclic) bond motifs is 1. The molecule has 3 heterocycles. The van der Waals surface area contributed by atoms with Crippen molar-refractivity contribution < 1.29 is 9.59 Å². The van der Waals surface area contributed by atoms with E-state index in [1.165, 1.54) is 4.52 Å². The molecule has 3 aromatic rings. The minimum absolute atomic E-state index is 0.0832. The van der Waals surface area contributed by atoms with Gasteiger partial charge < -0.3 is 4.57 Å². The van der Waals surface area contributed by atoms with Crippen molar-refractivity contribution in [3.63, 3.8) is 0 Å². The van der Waals surface area contributed by atoms with Gasteiger partial charge in [0.2, 0.25) is 5.82 Å². The van der Waals surface area contributed by atoms with E-state index < -0.39 is 11.8 Å². The van der Waals surface area contributed by atoms with Crippen molar-refractivity contribution in [2.24, 2.45) is 7.05 Å². The lowest BCUT2D eigenvalue weighted by Crippen LogP contribution is -2.42. The first kappa shape index (κ1) is 15.2. The van der Waals surface area contributed by atoms with Crippen LogP contribution in [-0.4, -0.2) is 36.0 Å². The monoisotopic (exact) mass is 377 g/mol. The zero-order valence-electron chi connectivity index (χ0n) is 12.2. The fourth-order valence-corrected chi connectivity index (χ4v) is 2.51. The molecule has 3 aromatic heterocycles. The van der Waals surface area contributed by atoms with E-state index in [1.807, 2.05) is 6.92 Å². The lowest BCUT2D eigenvalue weighted by atomic mass is 10.4. The average Bonchev–Trinajstić information content (AvgIpc) is 3.08. The van der Waals surface area contributed by atoms with Crippen molar-refractivity contribution >= 4 is 33.5 Å². The van der Waals surface area contributed by atoms with Gasteiger partial charge in [0, 0.05) is 29.6 Å². The first-order chi connectivity index (χ1) is 11.0.